The van der Waals surface area contributed by atoms with Gasteiger partial charge in [0.2, 0.25) is 10.0 Å². The molecule has 5 rings (SSSR count). The molecule has 148 valence electrons. The number of benzene rings is 2. The van der Waals surface area contributed by atoms with Crippen molar-refractivity contribution in [3.8, 4) is 0 Å². The highest BCUT2D eigenvalue weighted by atomic mass is 32.2. The van der Waals surface area contributed by atoms with E-state index in [0.717, 1.165) is 18.4 Å². The summed E-state index contributed by atoms with van der Waals surface area (Å²) in [7, 11) is -3.51. The lowest BCUT2D eigenvalue weighted by Crippen LogP contribution is -2.43. The predicted octanol–water partition coefficient (Wildman–Crippen LogP) is 3.35. The summed E-state index contributed by atoms with van der Waals surface area (Å²) in [5.41, 5.74) is 2.08. The molecule has 0 amide bonds. The summed E-state index contributed by atoms with van der Waals surface area (Å²) in [6, 6.07) is 17.4. The summed E-state index contributed by atoms with van der Waals surface area (Å²) in [5, 5.41) is 2.06. The zero-order valence-electron chi connectivity index (χ0n) is 16.3. The van der Waals surface area contributed by atoms with Crippen LogP contribution in [0.3, 0.4) is 0 Å². The van der Waals surface area contributed by atoms with Gasteiger partial charge in [0.25, 0.3) is 0 Å². The molecule has 0 N–H and O–H groups in total. The molecule has 1 saturated carbocycles. The van der Waals surface area contributed by atoms with Crippen LogP contribution in [0.5, 0.6) is 0 Å². The summed E-state index contributed by atoms with van der Waals surface area (Å²) in [4.78, 5) is 6.78. The van der Waals surface area contributed by atoms with Crippen molar-refractivity contribution in [3.05, 3.63) is 65.7 Å². The minimum Gasteiger partial charge on any atom is -0.291 e. The van der Waals surface area contributed by atoms with Gasteiger partial charge in [-0.2, -0.15) is 9.37 Å². The van der Waals surface area contributed by atoms with Crippen LogP contribution in [0, 0.1) is 12.8 Å². The molecule has 5 nitrogen and oxygen atoms in total. The molecular weight excluding hydrogens is 372 g/mol. The Hall–Kier alpha value is -1.73. The molecule has 0 unspecified atom stereocenters. The Morgan fingerprint density at radius 2 is 1.75 bits per heavy atom. The van der Waals surface area contributed by atoms with Crippen LogP contribution in [-0.2, 0) is 21.4 Å². The van der Waals surface area contributed by atoms with Crippen LogP contribution in [0.15, 0.2) is 59.5 Å². The lowest BCUT2D eigenvalue weighted by molar-refractivity contribution is -0.187. The zero-order chi connectivity index (χ0) is 19.5. The number of sulfonamides is 1. The molecule has 0 bridgehead atoms. The number of rotatable bonds is 4. The molecule has 3 fully saturated rings. The second-order valence-electron chi connectivity index (χ2n) is 8.44. The number of fused-ring (bicyclic) bond motifs is 2. The second kappa shape index (κ2) is 6.39. The molecule has 28 heavy (non-hydrogen) atoms. The van der Waals surface area contributed by atoms with Gasteiger partial charge in [-0.1, -0.05) is 48.0 Å². The van der Waals surface area contributed by atoms with E-state index in [-0.39, 0.29) is 23.6 Å². The van der Waals surface area contributed by atoms with Crippen molar-refractivity contribution in [2.75, 3.05) is 6.54 Å². The first kappa shape index (κ1) is 18.3. The molecule has 2 aromatic rings. The molecule has 2 aromatic carbocycles. The first-order valence-electron chi connectivity index (χ1n) is 9.99. The summed E-state index contributed by atoms with van der Waals surface area (Å²) in [6.45, 7) is 5.22. The maximum absolute atomic E-state index is 13.4. The van der Waals surface area contributed by atoms with Gasteiger partial charge in [-0.3, -0.25) is 4.84 Å². The smallest absolute Gasteiger partial charge is 0.243 e. The van der Waals surface area contributed by atoms with Gasteiger partial charge in [0.05, 0.1) is 16.5 Å². The van der Waals surface area contributed by atoms with Crippen LogP contribution in [-0.4, -0.2) is 42.0 Å². The first-order chi connectivity index (χ1) is 13.4. The first-order valence-corrected chi connectivity index (χ1v) is 11.4. The second-order valence-corrected chi connectivity index (χ2v) is 10.3. The van der Waals surface area contributed by atoms with Gasteiger partial charge < -0.3 is 0 Å². The highest BCUT2D eigenvalue weighted by Crippen LogP contribution is 2.57. The Bertz CT molecular complexity index is 971. The molecule has 1 spiro atoms. The average Bonchev–Trinajstić information content (AvgIpc) is 3.27. The number of aryl methyl sites for hydroxylation is 1. The minimum atomic E-state index is -3.51. The zero-order valence-corrected chi connectivity index (χ0v) is 17.1. The molecule has 6 heteroatoms. The van der Waals surface area contributed by atoms with Crippen LogP contribution in [0.2, 0.25) is 0 Å². The standard InChI is InChI=1S/C22H26N2O3S/c1-16-8-10-19(11-9-16)28(25,26)24-15-20-21(17(24)2)23(27-22(20)12-13-22)14-18-6-4-3-5-7-18/h3-11,17,20-21H,12-15H2,1-2H3/t17-,20+,21-/m0/s1. The Morgan fingerprint density at radius 3 is 2.39 bits per heavy atom. The quantitative estimate of drug-likeness (QED) is 0.793. The van der Waals surface area contributed by atoms with Crippen molar-refractivity contribution in [1.29, 1.82) is 0 Å². The van der Waals surface area contributed by atoms with E-state index < -0.39 is 10.0 Å². The Morgan fingerprint density at radius 1 is 1.07 bits per heavy atom. The van der Waals surface area contributed by atoms with Crippen LogP contribution in [0.4, 0.5) is 0 Å². The van der Waals surface area contributed by atoms with E-state index >= 15 is 0 Å². The third kappa shape index (κ3) is 2.82. The lowest BCUT2D eigenvalue weighted by atomic mass is 9.93. The van der Waals surface area contributed by atoms with E-state index in [0.29, 0.717) is 18.0 Å². The topological polar surface area (TPSA) is 49.9 Å². The van der Waals surface area contributed by atoms with Crippen LogP contribution in [0.25, 0.3) is 0 Å². The maximum Gasteiger partial charge on any atom is 0.243 e. The summed E-state index contributed by atoms with van der Waals surface area (Å²) >= 11 is 0. The minimum absolute atomic E-state index is 0.0860. The van der Waals surface area contributed by atoms with Crippen LogP contribution < -0.4 is 0 Å². The Labute approximate surface area is 166 Å². The van der Waals surface area contributed by atoms with Gasteiger partial charge in [0, 0.05) is 25.0 Å². The van der Waals surface area contributed by atoms with E-state index in [1.807, 2.05) is 44.2 Å². The average molecular weight is 399 g/mol. The largest absolute Gasteiger partial charge is 0.291 e. The highest BCUT2D eigenvalue weighted by Gasteiger charge is 2.67. The lowest BCUT2D eigenvalue weighted by Gasteiger charge is -2.29. The SMILES string of the molecule is Cc1ccc(S(=O)(=O)N2C[C@@H]3[C@H]([C@@H]2C)N(Cc2ccccc2)OC32CC2)cc1. The van der Waals surface area contributed by atoms with E-state index in [9.17, 15) is 8.42 Å². The van der Waals surface area contributed by atoms with Gasteiger partial charge in [-0.15, -0.1) is 0 Å². The number of nitrogens with zero attached hydrogens (tertiary/aromatic N) is 2. The van der Waals surface area contributed by atoms with Crippen molar-refractivity contribution in [3.63, 3.8) is 0 Å². The number of hydroxylamine groups is 2. The highest BCUT2D eigenvalue weighted by molar-refractivity contribution is 7.89. The van der Waals surface area contributed by atoms with Crippen molar-refractivity contribution >= 4 is 10.0 Å². The third-order valence-electron chi connectivity index (χ3n) is 6.60. The molecule has 3 atom stereocenters. The predicted molar refractivity (Wildman–Crippen MR) is 107 cm³/mol. The molecule has 3 aliphatic rings. The number of hydrogen-bond donors (Lipinski definition) is 0. The third-order valence-corrected chi connectivity index (χ3v) is 8.56. The van der Waals surface area contributed by atoms with Gasteiger partial charge in [0.15, 0.2) is 0 Å². The number of hydrogen-bond acceptors (Lipinski definition) is 4. The Balaban J connectivity index is 1.44. The van der Waals surface area contributed by atoms with E-state index in [2.05, 4.69) is 17.2 Å². The van der Waals surface area contributed by atoms with Crippen molar-refractivity contribution in [1.82, 2.24) is 9.37 Å². The van der Waals surface area contributed by atoms with Gasteiger partial charge in [0.1, 0.15) is 0 Å². The van der Waals surface area contributed by atoms with Gasteiger partial charge in [-0.25, -0.2) is 8.42 Å². The normalized spacial score (nSPS) is 29.3. The summed E-state index contributed by atoms with van der Waals surface area (Å²) < 4.78 is 28.4. The maximum atomic E-state index is 13.4. The van der Waals surface area contributed by atoms with E-state index in [1.54, 1.807) is 16.4 Å². The van der Waals surface area contributed by atoms with Gasteiger partial charge in [-0.05, 0) is 44.4 Å². The molecule has 0 radical (unpaired) electrons. The Kier molecular flexibility index (Phi) is 4.18. The molecule has 2 saturated heterocycles. The van der Waals surface area contributed by atoms with Crippen LogP contribution in [0.1, 0.15) is 30.9 Å². The fourth-order valence-electron chi connectivity index (χ4n) is 4.90. The molecule has 1 aliphatic carbocycles. The summed E-state index contributed by atoms with van der Waals surface area (Å²) in [6.07, 6.45) is 2.04. The molecule has 2 heterocycles. The van der Waals surface area contributed by atoms with Crippen molar-refractivity contribution < 1.29 is 13.3 Å². The summed E-state index contributed by atoms with van der Waals surface area (Å²) in [5.74, 6) is 0.228. The monoisotopic (exact) mass is 398 g/mol. The molecule has 2 aliphatic heterocycles. The van der Waals surface area contributed by atoms with E-state index in [1.165, 1.54) is 5.56 Å². The van der Waals surface area contributed by atoms with Gasteiger partial charge >= 0.3 is 0 Å². The van der Waals surface area contributed by atoms with E-state index in [4.69, 9.17) is 4.84 Å². The van der Waals surface area contributed by atoms with Crippen molar-refractivity contribution in [2.24, 2.45) is 5.92 Å². The van der Waals surface area contributed by atoms with Crippen molar-refractivity contribution in [2.45, 2.75) is 55.8 Å². The fourth-order valence-corrected chi connectivity index (χ4v) is 6.57. The molecular formula is C22H26N2O3S. The fraction of sp³-hybridized carbons (Fsp3) is 0.455. The van der Waals surface area contributed by atoms with Crippen LogP contribution >= 0.6 is 0 Å². The molecule has 0 aromatic heterocycles.